The standard InChI is InChI=1S/C20H23F3N2O/c1-12(2)13-8-9-15-14(10-13)6-5-7-16(15)17(20(21,22)23)25-11-19(3,4)18(26)24-25/h5-10,12,17H,11H2,1-4H3,(H,24,26). The predicted molar refractivity (Wildman–Crippen MR) is 95.5 cm³/mol. The van der Waals surface area contributed by atoms with Gasteiger partial charge in [-0.2, -0.15) is 13.2 Å². The highest BCUT2D eigenvalue weighted by Gasteiger charge is 2.51. The summed E-state index contributed by atoms with van der Waals surface area (Å²) in [6.45, 7) is 7.38. The van der Waals surface area contributed by atoms with E-state index in [-0.39, 0.29) is 12.1 Å². The van der Waals surface area contributed by atoms with E-state index in [2.05, 4.69) is 5.43 Å². The van der Waals surface area contributed by atoms with Crippen LogP contribution in [0.2, 0.25) is 0 Å². The largest absolute Gasteiger partial charge is 0.409 e. The summed E-state index contributed by atoms with van der Waals surface area (Å²) in [5, 5.41) is 2.35. The van der Waals surface area contributed by atoms with Gasteiger partial charge in [0.2, 0.25) is 5.91 Å². The van der Waals surface area contributed by atoms with Gasteiger partial charge in [-0.15, -0.1) is 0 Å². The number of benzene rings is 2. The van der Waals surface area contributed by atoms with Gasteiger partial charge in [-0.05, 0) is 41.7 Å². The van der Waals surface area contributed by atoms with Crippen LogP contribution in [0.25, 0.3) is 10.8 Å². The third-order valence-corrected chi connectivity index (χ3v) is 4.95. The molecule has 6 heteroatoms. The topological polar surface area (TPSA) is 32.3 Å². The quantitative estimate of drug-likeness (QED) is 0.837. The number of hydrogen-bond donors (Lipinski definition) is 1. The first-order valence-electron chi connectivity index (χ1n) is 8.68. The number of nitrogens with one attached hydrogen (secondary N) is 1. The van der Waals surface area contributed by atoms with E-state index in [4.69, 9.17) is 0 Å². The Labute approximate surface area is 151 Å². The van der Waals surface area contributed by atoms with E-state index in [1.54, 1.807) is 26.0 Å². The van der Waals surface area contributed by atoms with Gasteiger partial charge in [0.15, 0.2) is 6.04 Å². The molecule has 1 atom stereocenters. The van der Waals surface area contributed by atoms with E-state index in [9.17, 15) is 18.0 Å². The van der Waals surface area contributed by atoms with Crippen molar-refractivity contribution in [2.45, 2.75) is 45.8 Å². The van der Waals surface area contributed by atoms with E-state index < -0.39 is 23.5 Å². The van der Waals surface area contributed by atoms with Gasteiger partial charge in [0.1, 0.15) is 0 Å². The molecule has 1 aliphatic heterocycles. The molecule has 1 N–H and O–H groups in total. The molecule has 2 aromatic rings. The number of hydrazine groups is 1. The molecule has 1 aliphatic rings. The lowest BCUT2D eigenvalue weighted by atomic mass is 9.92. The lowest BCUT2D eigenvalue weighted by molar-refractivity contribution is -0.191. The highest BCUT2D eigenvalue weighted by atomic mass is 19.4. The minimum absolute atomic E-state index is 0.00350. The molecule has 1 amide bonds. The zero-order valence-corrected chi connectivity index (χ0v) is 15.3. The van der Waals surface area contributed by atoms with E-state index in [1.165, 1.54) is 6.07 Å². The second-order valence-corrected chi connectivity index (χ2v) is 7.88. The Morgan fingerprint density at radius 3 is 2.38 bits per heavy atom. The minimum Gasteiger partial charge on any atom is -0.287 e. The Balaban J connectivity index is 2.12. The SMILES string of the molecule is CC(C)c1ccc2c(C(N3CC(C)(C)C(=O)N3)C(F)(F)F)cccc2c1. The Morgan fingerprint density at radius 2 is 1.85 bits per heavy atom. The fraction of sp³-hybridized carbons (Fsp3) is 0.450. The smallest absolute Gasteiger partial charge is 0.287 e. The van der Waals surface area contributed by atoms with Crippen molar-refractivity contribution < 1.29 is 18.0 Å². The Kier molecular flexibility index (Phi) is 4.51. The summed E-state index contributed by atoms with van der Waals surface area (Å²) in [4.78, 5) is 12.0. The van der Waals surface area contributed by atoms with Crippen LogP contribution in [0.4, 0.5) is 13.2 Å². The Hall–Kier alpha value is -2.08. The van der Waals surface area contributed by atoms with Gasteiger partial charge >= 0.3 is 6.18 Å². The third-order valence-electron chi connectivity index (χ3n) is 4.95. The molecule has 0 spiro atoms. The summed E-state index contributed by atoms with van der Waals surface area (Å²) in [5.41, 5.74) is 2.79. The molecule has 1 heterocycles. The molecule has 3 rings (SSSR count). The van der Waals surface area contributed by atoms with Crippen molar-refractivity contribution in [2.75, 3.05) is 6.54 Å². The maximum Gasteiger partial charge on any atom is 0.409 e. The number of alkyl halides is 3. The maximum atomic E-state index is 14.0. The van der Waals surface area contributed by atoms with Gasteiger partial charge in [0.05, 0.1) is 5.41 Å². The summed E-state index contributed by atoms with van der Waals surface area (Å²) >= 11 is 0. The number of carbonyl (C=O) groups excluding carboxylic acids is 1. The average molecular weight is 364 g/mol. The van der Waals surface area contributed by atoms with Crippen LogP contribution in [0, 0.1) is 5.41 Å². The second kappa shape index (κ2) is 6.27. The number of amides is 1. The predicted octanol–water partition coefficient (Wildman–Crippen LogP) is 4.94. The molecule has 3 nitrogen and oxygen atoms in total. The molecule has 1 unspecified atom stereocenters. The molecule has 0 aromatic heterocycles. The normalized spacial score (nSPS) is 19.2. The van der Waals surface area contributed by atoms with Gasteiger partial charge in [0.25, 0.3) is 0 Å². The lowest BCUT2D eigenvalue weighted by Crippen LogP contribution is -2.43. The maximum absolute atomic E-state index is 14.0. The highest BCUT2D eigenvalue weighted by Crippen LogP contribution is 2.42. The van der Waals surface area contributed by atoms with Crippen molar-refractivity contribution in [2.24, 2.45) is 5.41 Å². The van der Waals surface area contributed by atoms with Crippen molar-refractivity contribution in [3.8, 4) is 0 Å². The molecular weight excluding hydrogens is 341 g/mol. The molecule has 2 aromatic carbocycles. The summed E-state index contributed by atoms with van der Waals surface area (Å²) in [6.07, 6.45) is -4.52. The summed E-state index contributed by atoms with van der Waals surface area (Å²) in [6, 6.07) is 8.63. The van der Waals surface area contributed by atoms with Crippen molar-refractivity contribution in [1.82, 2.24) is 10.4 Å². The van der Waals surface area contributed by atoms with Gasteiger partial charge in [-0.25, -0.2) is 5.01 Å². The minimum atomic E-state index is -4.52. The number of fused-ring (bicyclic) bond motifs is 1. The Morgan fingerprint density at radius 1 is 1.15 bits per heavy atom. The molecule has 1 saturated heterocycles. The first-order valence-corrected chi connectivity index (χ1v) is 8.68. The molecule has 26 heavy (non-hydrogen) atoms. The van der Waals surface area contributed by atoms with E-state index in [0.29, 0.717) is 11.3 Å². The molecule has 140 valence electrons. The third kappa shape index (κ3) is 3.30. The second-order valence-electron chi connectivity index (χ2n) is 7.88. The molecule has 0 bridgehead atoms. The monoisotopic (exact) mass is 364 g/mol. The van der Waals surface area contributed by atoms with E-state index in [0.717, 1.165) is 16.0 Å². The highest BCUT2D eigenvalue weighted by molar-refractivity contribution is 5.87. The Bertz CT molecular complexity index is 843. The van der Waals surface area contributed by atoms with Crippen molar-refractivity contribution in [3.05, 3.63) is 47.5 Å². The number of halogens is 3. The van der Waals surface area contributed by atoms with Crippen LogP contribution in [0.15, 0.2) is 36.4 Å². The molecule has 0 saturated carbocycles. The molecule has 0 radical (unpaired) electrons. The van der Waals surface area contributed by atoms with Crippen LogP contribution in [-0.2, 0) is 4.79 Å². The van der Waals surface area contributed by atoms with Crippen molar-refractivity contribution in [3.63, 3.8) is 0 Å². The van der Waals surface area contributed by atoms with Crippen LogP contribution >= 0.6 is 0 Å². The molecular formula is C20H23F3N2O. The zero-order valence-electron chi connectivity index (χ0n) is 15.3. The summed E-state index contributed by atoms with van der Waals surface area (Å²) in [5.74, 6) is -0.103. The zero-order chi connectivity index (χ0) is 19.3. The lowest BCUT2D eigenvalue weighted by Gasteiger charge is -2.30. The van der Waals surface area contributed by atoms with Crippen molar-refractivity contribution >= 4 is 16.7 Å². The van der Waals surface area contributed by atoms with Gasteiger partial charge < -0.3 is 0 Å². The van der Waals surface area contributed by atoms with Crippen LogP contribution < -0.4 is 5.43 Å². The average Bonchev–Trinajstić information content (AvgIpc) is 2.78. The van der Waals surface area contributed by atoms with Crippen LogP contribution in [0.3, 0.4) is 0 Å². The number of hydrogen-bond acceptors (Lipinski definition) is 2. The van der Waals surface area contributed by atoms with Crippen molar-refractivity contribution in [1.29, 1.82) is 0 Å². The van der Waals surface area contributed by atoms with Crippen LogP contribution in [0.1, 0.15) is 50.8 Å². The van der Waals surface area contributed by atoms with Crippen LogP contribution in [0.5, 0.6) is 0 Å². The molecule has 0 aliphatic carbocycles. The number of rotatable bonds is 3. The van der Waals surface area contributed by atoms with Gasteiger partial charge in [-0.1, -0.05) is 50.2 Å². The fourth-order valence-electron chi connectivity index (χ4n) is 3.42. The van der Waals surface area contributed by atoms with E-state index in [1.807, 2.05) is 32.0 Å². The first-order chi connectivity index (χ1) is 12.0. The van der Waals surface area contributed by atoms with Crippen LogP contribution in [-0.4, -0.2) is 23.6 Å². The molecule has 1 fully saturated rings. The number of nitrogens with zero attached hydrogens (tertiary/aromatic N) is 1. The van der Waals surface area contributed by atoms with Gasteiger partial charge in [-0.3, -0.25) is 10.2 Å². The first kappa shape index (κ1) is 18.7. The summed E-state index contributed by atoms with van der Waals surface area (Å²) < 4.78 is 41.9. The number of carbonyl (C=O) groups is 1. The van der Waals surface area contributed by atoms with E-state index >= 15 is 0 Å². The van der Waals surface area contributed by atoms with Gasteiger partial charge in [0, 0.05) is 6.54 Å². The summed E-state index contributed by atoms with van der Waals surface area (Å²) in [7, 11) is 0. The fourth-order valence-corrected chi connectivity index (χ4v) is 3.42.